The van der Waals surface area contributed by atoms with Crippen LogP contribution in [0, 0.1) is 55.9 Å². The molecule has 0 aromatic carbocycles. The van der Waals surface area contributed by atoms with Gasteiger partial charge in [-0.15, -0.1) is 0 Å². The zero-order valence-electron chi connectivity index (χ0n) is 7.30. The monoisotopic (exact) mass is 357 g/mol. The molecule has 0 bridgehead atoms. The Kier molecular flexibility index (Phi) is 11.9. The molecule has 0 heterocycles. The third-order valence-corrected chi connectivity index (χ3v) is 1.64. The van der Waals surface area contributed by atoms with Crippen molar-refractivity contribution in [3.05, 3.63) is 0 Å². The van der Waals surface area contributed by atoms with Crippen LogP contribution in [0.15, 0.2) is 0 Å². The van der Waals surface area contributed by atoms with E-state index in [4.69, 9.17) is 5.11 Å². The van der Waals surface area contributed by atoms with Crippen LogP contribution in [-0.4, -0.2) is 11.7 Å². The summed E-state index contributed by atoms with van der Waals surface area (Å²) in [6, 6.07) is 0. The fourth-order valence-electron chi connectivity index (χ4n) is 1.04. The number of aliphatic hydroxyl groups is 1. The minimum atomic E-state index is 0. The van der Waals surface area contributed by atoms with Gasteiger partial charge in [-0.2, -0.15) is 0 Å². The zero-order valence-corrected chi connectivity index (χ0v) is 12.0. The van der Waals surface area contributed by atoms with Crippen LogP contribution in [0.5, 0.6) is 0 Å². The van der Waals surface area contributed by atoms with E-state index in [1.165, 1.54) is 0 Å². The summed E-state index contributed by atoms with van der Waals surface area (Å²) in [7, 11) is 0. The summed E-state index contributed by atoms with van der Waals surface area (Å²) in [4.78, 5) is 0. The normalized spacial score (nSPS) is 12.9. The Hall–Kier alpha value is 1.40. The molecule has 1 N–H and O–H groups in total. The molecule has 1 nitrogen and oxygen atoms in total. The molecule has 0 aliphatic heterocycles. The van der Waals surface area contributed by atoms with Crippen LogP contribution in [0.1, 0.15) is 33.6 Å². The van der Waals surface area contributed by atoms with E-state index in [0.29, 0.717) is 12.5 Å². The SMILES string of the molecule is CCC(CO)CC(C)C.[Ac]. The Balaban J connectivity index is 0. The van der Waals surface area contributed by atoms with E-state index >= 15 is 0 Å². The average Bonchev–Trinajstić information content (AvgIpc) is 1.82. The average molecular weight is 357 g/mol. The van der Waals surface area contributed by atoms with Gasteiger partial charge in [0.25, 0.3) is 0 Å². The van der Waals surface area contributed by atoms with Crippen LogP contribution < -0.4 is 0 Å². The molecule has 1 unspecified atom stereocenters. The van der Waals surface area contributed by atoms with Crippen molar-refractivity contribution in [1.82, 2.24) is 0 Å². The first-order chi connectivity index (χ1) is 4.20. The Morgan fingerprint density at radius 2 is 1.80 bits per heavy atom. The van der Waals surface area contributed by atoms with Crippen LogP contribution >= 0.6 is 0 Å². The minimum absolute atomic E-state index is 0. The van der Waals surface area contributed by atoms with E-state index < -0.39 is 0 Å². The Morgan fingerprint density at radius 3 is 1.90 bits per heavy atom. The second-order valence-corrected chi connectivity index (χ2v) is 3.09. The van der Waals surface area contributed by atoms with E-state index in [1.807, 2.05) is 0 Å². The van der Waals surface area contributed by atoms with Crippen LogP contribution in [0.4, 0.5) is 0 Å². The Morgan fingerprint density at radius 1 is 1.30 bits per heavy atom. The molecule has 2 heteroatoms. The van der Waals surface area contributed by atoms with Crippen LogP contribution in [0.25, 0.3) is 0 Å². The van der Waals surface area contributed by atoms with E-state index in [0.717, 1.165) is 18.8 Å². The van der Waals surface area contributed by atoms with Gasteiger partial charge in [0.1, 0.15) is 0 Å². The third kappa shape index (κ3) is 7.51. The van der Waals surface area contributed by atoms with Crippen molar-refractivity contribution < 1.29 is 49.2 Å². The largest absolute Gasteiger partial charge is 0.396 e. The van der Waals surface area contributed by atoms with Crippen molar-refractivity contribution in [2.75, 3.05) is 6.61 Å². The topological polar surface area (TPSA) is 20.2 Å². The van der Waals surface area contributed by atoms with E-state index in [9.17, 15) is 0 Å². The molecule has 0 rings (SSSR count). The summed E-state index contributed by atoms with van der Waals surface area (Å²) >= 11 is 0. The molecule has 1 atom stereocenters. The molecule has 59 valence electrons. The second-order valence-electron chi connectivity index (χ2n) is 3.09. The van der Waals surface area contributed by atoms with Gasteiger partial charge in [0.15, 0.2) is 0 Å². The van der Waals surface area contributed by atoms with Crippen molar-refractivity contribution in [3.63, 3.8) is 0 Å². The van der Waals surface area contributed by atoms with E-state index in [2.05, 4.69) is 20.8 Å². The zero-order chi connectivity index (χ0) is 7.28. The molecule has 0 amide bonds. The quantitative estimate of drug-likeness (QED) is 0.817. The molecule has 1 radical (unpaired) electrons. The third-order valence-electron chi connectivity index (χ3n) is 1.64. The van der Waals surface area contributed by atoms with Crippen molar-refractivity contribution in [2.24, 2.45) is 11.8 Å². The van der Waals surface area contributed by atoms with Gasteiger partial charge in [-0.05, 0) is 18.3 Å². The summed E-state index contributed by atoms with van der Waals surface area (Å²) in [6.45, 7) is 6.87. The smallest absolute Gasteiger partial charge is 0.0459 e. The molecule has 0 aromatic rings. The van der Waals surface area contributed by atoms with Gasteiger partial charge >= 0.3 is 0 Å². The standard InChI is InChI=1S/C8H18O.Ac/c1-4-8(6-9)5-7(2)3;/h7-9H,4-6H2,1-3H3;. The predicted molar refractivity (Wildman–Crippen MR) is 40.3 cm³/mol. The summed E-state index contributed by atoms with van der Waals surface area (Å²) in [5.74, 6) is 1.26. The number of hydrogen-bond donors (Lipinski definition) is 1. The van der Waals surface area contributed by atoms with E-state index in [1.54, 1.807) is 0 Å². The fourth-order valence-corrected chi connectivity index (χ4v) is 1.04. The molecule has 0 saturated heterocycles. The van der Waals surface area contributed by atoms with Gasteiger partial charge in [-0.3, -0.25) is 0 Å². The maximum absolute atomic E-state index is 8.77. The summed E-state index contributed by atoms with van der Waals surface area (Å²) in [6.07, 6.45) is 2.27. The van der Waals surface area contributed by atoms with Crippen LogP contribution in [0.2, 0.25) is 0 Å². The summed E-state index contributed by atoms with van der Waals surface area (Å²) < 4.78 is 0. The maximum atomic E-state index is 8.77. The Bertz CT molecular complexity index is 60.3. The van der Waals surface area contributed by atoms with E-state index in [-0.39, 0.29) is 44.1 Å². The van der Waals surface area contributed by atoms with Crippen LogP contribution in [-0.2, 0) is 0 Å². The molecular weight excluding hydrogens is 339 g/mol. The van der Waals surface area contributed by atoms with Gasteiger partial charge in [-0.25, -0.2) is 0 Å². The first-order valence-electron chi connectivity index (χ1n) is 3.81. The minimum Gasteiger partial charge on any atom is -0.396 e. The van der Waals surface area contributed by atoms with Gasteiger partial charge in [0.2, 0.25) is 0 Å². The molecule has 10 heavy (non-hydrogen) atoms. The number of rotatable bonds is 4. The van der Waals surface area contributed by atoms with Crippen molar-refractivity contribution >= 4 is 0 Å². The van der Waals surface area contributed by atoms with Gasteiger partial charge < -0.3 is 5.11 Å². The predicted octanol–water partition coefficient (Wildman–Crippen LogP) is 2.05. The molecular formula is C8H18AcO. The Labute approximate surface area is 100 Å². The number of hydrogen-bond acceptors (Lipinski definition) is 1. The second kappa shape index (κ2) is 8.50. The maximum Gasteiger partial charge on any atom is 0.0459 e. The van der Waals surface area contributed by atoms with Crippen LogP contribution in [0.3, 0.4) is 0 Å². The molecule has 0 aliphatic carbocycles. The summed E-state index contributed by atoms with van der Waals surface area (Å²) in [5.41, 5.74) is 0. The van der Waals surface area contributed by atoms with Crippen molar-refractivity contribution in [2.45, 2.75) is 33.6 Å². The first kappa shape index (κ1) is 14.0. The van der Waals surface area contributed by atoms with Crippen molar-refractivity contribution in [3.8, 4) is 0 Å². The van der Waals surface area contributed by atoms with Gasteiger partial charge in [0.05, 0.1) is 0 Å². The molecule has 0 aromatic heterocycles. The molecule has 0 saturated carbocycles. The van der Waals surface area contributed by atoms with Gasteiger partial charge in [-0.1, -0.05) is 27.2 Å². The van der Waals surface area contributed by atoms with Gasteiger partial charge in [0, 0.05) is 50.7 Å². The molecule has 0 fully saturated rings. The number of aliphatic hydroxyl groups excluding tert-OH is 1. The van der Waals surface area contributed by atoms with Crippen molar-refractivity contribution in [1.29, 1.82) is 0 Å². The first-order valence-corrected chi connectivity index (χ1v) is 3.81. The fraction of sp³-hybridized carbons (Fsp3) is 1.00. The molecule has 0 spiro atoms. The summed E-state index contributed by atoms with van der Waals surface area (Å²) in [5, 5.41) is 8.77. The molecule has 0 aliphatic rings.